The van der Waals surface area contributed by atoms with Crippen molar-refractivity contribution < 1.29 is 9.90 Å². The second kappa shape index (κ2) is 4.76. The van der Waals surface area contributed by atoms with Crippen LogP contribution in [0.1, 0.15) is 36.3 Å². The van der Waals surface area contributed by atoms with Crippen LogP contribution in [0.3, 0.4) is 0 Å². The van der Waals surface area contributed by atoms with Crippen LogP contribution in [-0.4, -0.2) is 27.2 Å². The van der Waals surface area contributed by atoms with Crippen molar-refractivity contribution in [2.45, 2.75) is 25.8 Å². The Hall–Kier alpha value is -1.36. The van der Waals surface area contributed by atoms with Gasteiger partial charge in [0.1, 0.15) is 5.69 Å². The molecule has 0 spiro atoms. The van der Waals surface area contributed by atoms with E-state index in [-0.39, 0.29) is 18.3 Å². The van der Waals surface area contributed by atoms with E-state index < -0.39 is 5.91 Å². The number of carbonyl (C=O) groups is 1. The summed E-state index contributed by atoms with van der Waals surface area (Å²) in [5.41, 5.74) is 5.30. The van der Waals surface area contributed by atoms with Gasteiger partial charge in [0.2, 0.25) is 0 Å². The third kappa shape index (κ3) is 2.32. The van der Waals surface area contributed by atoms with Gasteiger partial charge in [0.25, 0.3) is 5.91 Å². The maximum atomic E-state index is 10.8. The average molecular weight is 197 g/mol. The number of hydrogen-bond donors (Lipinski definition) is 2. The van der Waals surface area contributed by atoms with Crippen molar-refractivity contribution in [2.24, 2.45) is 5.73 Å². The number of aliphatic hydroxyl groups is 1. The summed E-state index contributed by atoms with van der Waals surface area (Å²) < 4.78 is 1.73. The lowest BCUT2D eigenvalue weighted by Gasteiger charge is -2.13. The molecular formula is C9H15N3O2. The van der Waals surface area contributed by atoms with Crippen molar-refractivity contribution in [3.05, 3.63) is 18.2 Å². The van der Waals surface area contributed by atoms with E-state index in [0.29, 0.717) is 0 Å². The zero-order valence-electron chi connectivity index (χ0n) is 8.18. The Kier molecular flexibility index (Phi) is 3.64. The molecule has 0 saturated carbocycles. The van der Waals surface area contributed by atoms with E-state index in [4.69, 9.17) is 10.8 Å². The monoisotopic (exact) mass is 197 g/mol. The molecular weight excluding hydrogens is 182 g/mol. The number of carbonyl (C=O) groups excluding carboxylic acids is 1. The molecule has 1 unspecified atom stereocenters. The Morgan fingerprint density at radius 2 is 2.50 bits per heavy atom. The second-order valence-electron chi connectivity index (χ2n) is 3.20. The van der Waals surface area contributed by atoms with Crippen LogP contribution in [0.4, 0.5) is 0 Å². The molecule has 78 valence electrons. The van der Waals surface area contributed by atoms with Crippen LogP contribution >= 0.6 is 0 Å². The summed E-state index contributed by atoms with van der Waals surface area (Å²) in [5.74, 6) is -0.545. The number of nitrogens with zero attached hydrogens (tertiary/aromatic N) is 2. The smallest absolute Gasteiger partial charge is 0.268 e. The lowest BCUT2D eigenvalue weighted by atomic mass is 10.2. The van der Waals surface area contributed by atoms with Crippen molar-refractivity contribution in [1.29, 1.82) is 0 Å². The minimum Gasteiger partial charge on any atom is -0.394 e. The van der Waals surface area contributed by atoms with E-state index in [1.54, 1.807) is 10.8 Å². The third-order valence-electron chi connectivity index (χ3n) is 2.11. The standard InChI is InChI=1S/C9H15N3O2/c1-2-3-7(5-13)12-4-8(9(10)14)11-6-12/h4,6-7,13H,2-3,5H2,1H3,(H2,10,14). The molecule has 0 aliphatic heterocycles. The summed E-state index contributed by atoms with van der Waals surface area (Å²) in [6.07, 6.45) is 4.91. The molecule has 0 aliphatic rings. The van der Waals surface area contributed by atoms with Gasteiger partial charge in [0, 0.05) is 6.20 Å². The van der Waals surface area contributed by atoms with E-state index in [9.17, 15) is 4.79 Å². The van der Waals surface area contributed by atoms with Crippen LogP contribution in [0.15, 0.2) is 12.5 Å². The van der Waals surface area contributed by atoms with E-state index in [1.165, 1.54) is 6.33 Å². The molecule has 5 heteroatoms. The Morgan fingerprint density at radius 3 is 2.93 bits per heavy atom. The predicted molar refractivity (Wildman–Crippen MR) is 51.8 cm³/mol. The molecule has 0 fully saturated rings. The highest BCUT2D eigenvalue weighted by Gasteiger charge is 2.11. The molecule has 1 amide bonds. The molecule has 1 aromatic heterocycles. The number of nitrogens with two attached hydrogens (primary N) is 1. The number of rotatable bonds is 5. The third-order valence-corrected chi connectivity index (χ3v) is 2.11. The fourth-order valence-corrected chi connectivity index (χ4v) is 1.33. The lowest BCUT2D eigenvalue weighted by molar-refractivity contribution is 0.0995. The molecule has 1 heterocycles. The fourth-order valence-electron chi connectivity index (χ4n) is 1.33. The number of amides is 1. The van der Waals surface area contributed by atoms with Gasteiger partial charge < -0.3 is 15.4 Å². The van der Waals surface area contributed by atoms with Crippen LogP contribution < -0.4 is 5.73 Å². The summed E-state index contributed by atoms with van der Waals surface area (Å²) in [7, 11) is 0. The minimum absolute atomic E-state index is 0.0133. The molecule has 0 saturated heterocycles. The molecule has 1 rings (SSSR count). The molecule has 1 aromatic rings. The average Bonchev–Trinajstić information content (AvgIpc) is 2.63. The number of aliphatic hydroxyl groups excluding tert-OH is 1. The molecule has 0 radical (unpaired) electrons. The lowest BCUT2D eigenvalue weighted by Crippen LogP contribution is -2.13. The van der Waals surface area contributed by atoms with E-state index >= 15 is 0 Å². The summed E-state index contributed by atoms with van der Waals surface area (Å²) >= 11 is 0. The number of hydrogen-bond acceptors (Lipinski definition) is 3. The van der Waals surface area contributed by atoms with Crippen LogP contribution in [0.5, 0.6) is 0 Å². The molecule has 0 aromatic carbocycles. The van der Waals surface area contributed by atoms with Gasteiger partial charge in [-0.1, -0.05) is 13.3 Å². The molecule has 0 bridgehead atoms. The SMILES string of the molecule is CCCC(CO)n1cnc(C(N)=O)c1. The van der Waals surface area contributed by atoms with Crippen LogP contribution in [0.25, 0.3) is 0 Å². The topological polar surface area (TPSA) is 81.1 Å². The largest absolute Gasteiger partial charge is 0.394 e. The van der Waals surface area contributed by atoms with E-state index in [2.05, 4.69) is 4.98 Å². The first kappa shape index (κ1) is 10.7. The van der Waals surface area contributed by atoms with Crippen LogP contribution in [-0.2, 0) is 0 Å². The van der Waals surface area contributed by atoms with Crippen LogP contribution in [0.2, 0.25) is 0 Å². The number of imidazole rings is 1. The van der Waals surface area contributed by atoms with Gasteiger partial charge >= 0.3 is 0 Å². The van der Waals surface area contributed by atoms with Crippen molar-refractivity contribution >= 4 is 5.91 Å². The highest BCUT2D eigenvalue weighted by Crippen LogP contribution is 2.13. The number of primary amides is 1. The van der Waals surface area contributed by atoms with Gasteiger partial charge in [-0.3, -0.25) is 4.79 Å². The highest BCUT2D eigenvalue weighted by atomic mass is 16.3. The van der Waals surface area contributed by atoms with Gasteiger partial charge in [-0.15, -0.1) is 0 Å². The first-order valence-electron chi connectivity index (χ1n) is 4.63. The zero-order chi connectivity index (χ0) is 10.6. The Bertz CT molecular complexity index is 309. The predicted octanol–water partition coefficient (Wildman–Crippen LogP) is 0.315. The molecule has 14 heavy (non-hydrogen) atoms. The van der Waals surface area contributed by atoms with Crippen molar-refractivity contribution in [1.82, 2.24) is 9.55 Å². The maximum absolute atomic E-state index is 10.8. The van der Waals surface area contributed by atoms with Gasteiger partial charge in [-0.25, -0.2) is 4.98 Å². The Balaban J connectivity index is 2.78. The van der Waals surface area contributed by atoms with Gasteiger partial charge in [-0.05, 0) is 6.42 Å². The first-order chi connectivity index (χ1) is 6.69. The maximum Gasteiger partial charge on any atom is 0.268 e. The molecule has 3 N–H and O–H groups in total. The van der Waals surface area contributed by atoms with Gasteiger partial charge in [0.15, 0.2) is 0 Å². The van der Waals surface area contributed by atoms with E-state index in [1.807, 2.05) is 6.92 Å². The molecule has 0 aliphatic carbocycles. The minimum atomic E-state index is -0.545. The quantitative estimate of drug-likeness (QED) is 0.713. The summed E-state index contributed by atoms with van der Waals surface area (Å²) in [4.78, 5) is 14.6. The number of aromatic nitrogens is 2. The zero-order valence-corrected chi connectivity index (χ0v) is 8.18. The Labute approximate surface area is 82.6 Å². The second-order valence-corrected chi connectivity index (χ2v) is 3.20. The summed E-state index contributed by atoms with van der Waals surface area (Å²) in [6.45, 7) is 2.08. The van der Waals surface area contributed by atoms with Crippen molar-refractivity contribution in [2.75, 3.05) is 6.61 Å². The van der Waals surface area contributed by atoms with Crippen molar-refractivity contribution in [3.63, 3.8) is 0 Å². The Morgan fingerprint density at radius 1 is 1.79 bits per heavy atom. The van der Waals surface area contributed by atoms with Gasteiger partial charge in [-0.2, -0.15) is 0 Å². The fraction of sp³-hybridized carbons (Fsp3) is 0.556. The normalized spacial score (nSPS) is 12.7. The van der Waals surface area contributed by atoms with E-state index in [0.717, 1.165) is 12.8 Å². The molecule has 1 atom stereocenters. The summed E-state index contributed by atoms with van der Waals surface area (Å²) in [5, 5.41) is 9.09. The molecule has 5 nitrogen and oxygen atoms in total. The summed E-state index contributed by atoms with van der Waals surface area (Å²) in [6, 6.07) is -0.0133. The highest BCUT2D eigenvalue weighted by molar-refractivity contribution is 5.90. The van der Waals surface area contributed by atoms with Gasteiger partial charge in [0.05, 0.1) is 19.0 Å². The van der Waals surface area contributed by atoms with Crippen molar-refractivity contribution in [3.8, 4) is 0 Å². The van der Waals surface area contributed by atoms with Crippen LogP contribution in [0, 0.1) is 0 Å². The first-order valence-corrected chi connectivity index (χ1v) is 4.63.